The van der Waals surface area contributed by atoms with E-state index in [0.717, 1.165) is 14.2 Å². The van der Waals surface area contributed by atoms with Gasteiger partial charge in [-0.25, -0.2) is 9.59 Å². The smallest absolute Gasteiger partial charge is 0.345 e. The molecular formula is C16H20O7. The molecule has 0 unspecified atom stereocenters. The molecule has 1 rings (SSSR count). The number of rotatable bonds is 7. The Balaban J connectivity index is 3.40. The number of ether oxygens (including phenoxy) is 4. The molecule has 1 N–H and O–H groups in total. The highest BCUT2D eigenvalue weighted by Gasteiger charge is 2.21. The van der Waals surface area contributed by atoms with Crippen molar-refractivity contribution in [2.75, 3.05) is 27.4 Å². The molecule has 0 bridgehead atoms. The van der Waals surface area contributed by atoms with Gasteiger partial charge in [-0.1, -0.05) is 0 Å². The van der Waals surface area contributed by atoms with Crippen LogP contribution in [-0.4, -0.2) is 44.5 Å². The van der Waals surface area contributed by atoms with Crippen LogP contribution in [0.5, 0.6) is 17.2 Å². The Morgan fingerprint density at radius 1 is 1.00 bits per heavy atom. The largest absolute Gasteiger partial charge is 0.502 e. The summed E-state index contributed by atoms with van der Waals surface area (Å²) in [7, 11) is 2.32. The van der Waals surface area contributed by atoms with E-state index in [-0.39, 0.29) is 22.8 Å². The van der Waals surface area contributed by atoms with Gasteiger partial charge in [0.25, 0.3) is 0 Å². The molecule has 23 heavy (non-hydrogen) atoms. The average Bonchev–Trinajstić information content (AvgIpc) is 2.55. The minimum atomic E-state index is -0.833. The first-order chi connectivity index (χ1) is 11.0. The van der Waals surface area contributed by atoms with Crippen molar-refractivity contribution in [3.05, 3.63) is 23.3 Å². The van der Waals surface area contributed by atoms with Crippen LogP contribution in [0.15, 0.2) is 17.7 Å². The zero-order valence-corrected chi connectivity index (χ0v) is 13.5. The van der Waals surface area contributed by atoms with Crippen LogP contribution in [0, 0.1) is 0 Å². The van der Waals surface area contributed by atoms with Gasteiger partial charge in [-0.3, -0.25) is 0 Å². The SMILES string of the molecule is CCOc1cc(C=C(C(=O)OC)C(=O)OC)cc(OCC)c1O. The van der Waals surface area contributed by atoms with Crippen LogP contribution in [0.2, 0.25) is 0 Å². The van der Waals surface area contributed by atoms with Gasteiger partial charge in [0.05, 0.1) is 27.4 Å². The normalized spacial score (nSPS) is 9.74. The number of esters is 2. The van der Waals surface area contributed by atoms with Gasteiger partial charge >= 0.3 is 11.9 Å². The Kier molecular flexibility index (Phi) is 6.92. The van der Waals surface area contributed by atoms with Crippen LogP contribution < -0.4 is 9.47 Å². The second kappa shape index (κ2) is 8.67. The minimum absolute atomic E-state index is 0.150. The topological polar surface area (TPSA) is 91.3 Å². The van der Waals surface area contributed by atoms with Gasteiger partial charge < -0.3 is 24.1 Å². The maximum Gasteiger partial charge on any atom is 0.345 e. The van der Waals surface area contributed by atoms with Crippen LogP contribution in [0.1, 0.15) is 19.4 Å². The molecule has 1 aromatic carbocycles. The molecule has 0 saturated carbocycles. The van der Waals surface area contributed by atoms with Gasteiger partial charge in [-0.05, 0) is 37.6 Å². The number of hydrogen-bond donors (Lipinski definition) is 1. The molecule has 0 saturated heterocycles. The molecular weight excluding hydrogens is 304 g/mol. The van der Waals surface area contributed by atoms with Crippen LogP contribution >= 0.6 is 0 Å². The molecule has 0 aliphatic heterocycles. The zero-order chi connectivity index (χ0) is 17.4. The van der Waals surface area contributed by atoms with Crippen molar-refractivity contribution in [2.45, 2.75) is 13.8 Å². The molecule has 126 valence electrons. The molecule has 0 heterocycles. The predicted octanol–water partition coefficient (Wildman–Crippen LogP) is 1.92. The van der Waals surface area contributed by atoms with Gasteiger partial charge in [0, 0.05) is 0 Å². The first-order valence-electron chi connectivity index (χ1n) is 6.99. The Bertz CT molecular complexity index is 559. The molecule has 0 spiro atoms. The molecule has 0 aliphatic carbocycles. The van der Waals surface area contributed by atoms with Crippen LogP contribution in [0.25, 0.3) is 6.08 Å². The summed E-state index contributed by atoms with van der Waals surface area (Å²) in [5.74, 6) is -1.46. The van der Waals surface area contributed by atoms with Gasteiger partial charge in [-0.15, -0.1) is 0 Å². The van der Waals surface area contributed by atoms with E-state index < -0.39 is 11.9 Å². The van der Waals surface area contributed by atoms with Crippen LogP contribution in [0.4, 0.5) is 0 Å². The standard InChI is InChI=1S/C16H20O7/c1-5-22-12-8-10(9-13(14(12)17)23-6-2)7-11(15(18)20-3)16(19)21-4/h7-9,17H,5-6H2,1-4H3. The molecule has 0 aromatic heterocycles. The lowest BCUT2D eigenvalue weighted by Crippen LogP contribution is -2.15. The summed E-state index contributed by atoms with van der Waals surface area (Å²) >= 11 is 0. The number of carbonyl (C=O) groups excluding carboxylic acids is 2. The summed E-state index contributed by atoms with van der Waals surface area (Å²) in [5, 5.41) is 10.1. The maximum absolute atomic E-state index is 11.7. The van der Waals surface area contributed by atoms with Crippen LogP contribution in [0.3, 0.4) is 0 Å². The lowest BCUT2D eigenvalue weighted by molar-refractivity contribution is -0.143. The molecule has 0 aliphatic rings. The van der Waals surface area contributed by atoms with Gasteiger partial charge in [0.2, 0.25) is 5.75 Å². The Morgan fingerprint density at radius 3 is 1.78 bits per heavy atom. The summed E-state index contributed by atoms with van der Waals surface area (Å²) in [4.78, 5) is 23.4. The highest BCUT2D eigenvalue weighted by molar-refractivity contribution is 6.17. The Morgan fingerprint density at radius 2 is 1.43 bits per heavy atom. The van der Waals surface area contributed by atoms with E-state index in [4.69, 9.17) is 9.47 Å². The Hall–Kier alpha value is -2.70. The van der Waals surface area contributed by atoms with E-state index in [1.165, 1.54) is 18.2 Å². The van der Waals surface area contributed by atoms with Gasteiger partial charge in [0.1, 0.15) is 5.57 Å². The average molecular weight is 324 g/mol. The van der Waals surface area contributed by atoms with Crippen LogP contribution in [-0.2, 0) is 19.1 Å². The minimum Gasteiger partial charge on any atom is -0.502 e. The quantitative estimate of drug-likeness (QED) is 0.354. The summed E-state index contributed by atoms with van der Waals surface area (Å²) in [6.07, 6.45) is 1.28. The fourth-order valence-electron chi connectivity index (χ4n) is 1.80. The first kappa shape index (κ1) is 18.3. The lowest BCUT2D eigenvalue weighted by atomic mass is 10.1. The fourth-order valence-corrected chi connectivity index (χ4v) is 1.80. The number of hydrogen-bond acceptors (Lipinski definition) is 7. The third kappa shape index (κ3) is 4.64. The van der Waals surface area contributed by atoms with E-state index in [1.807, 2.05) is 0 Å². The third-order valence-corrected chi connectivity index (χ3v) is 2.78. The highest BCUT2D eigenvalue weighted by Crippen LogP contribution is 2.38. The van der Waals surface area contributed by atoms with Crippen molar-refractivity contribution in [3.63, 3.8) is 0 Å². The number of carbonyl (C=O) groups is 2. The van der Waals surface area contributed by atoms with Crippen molar-refractivity contribution in [2.24, 2.45) is 0 Å². The molecule has 0 fully saturated rings. The molecule has 1 aromatic rings. The maximum atomic E-state index is 11.7. The van der Waals surface area contributed by atoms with Crippen molar-refractivity contribution in [1.82, 2.24) is 0 Å². The molecule has 7 nitrogen and oxygen atoms in total. The predicted molar refractivity (Wildman–Crippen MR) is 82.5 cm³/mol. The summed E-state index contributed by atoms with van der Waals surface area (Å²) in [5.41, 5.74) is 0.131. The molecule has 7 heteroatoms. The van der Waals surface area contributed by atoms with Gasteiger partial charge in [0.15, 0.2) is 11.5 Å². The van der Waals surface area contributed by atoms with Crippen molar-refractivity contribution in [3.8, 4) is 17.2 Å². The Labute approximate surface area is 134 Å². The number of methoxy groups -OCH3 is 2. The number of phenols is 1. The summed E-state index contributed by atoms with van der Waals surface area (Å²) < 4.78 is 19.8. The number of aromatic hydroxyl groups is 1. The summed E-state index contributed by atoms with van der Waals surface area (Å²) in [6, 6.07) is 2.96. The molecule has 0 atom stereocenters. The monoisotopic (exact) mass is 324 g/mol. The second-order valence-corrected chi connectivity index (χ2v) is 4.27. The zero-order valence-electron chi connectivity index (χ0n) is 13.5. The summed E-state index contributed by atoms with van der Waals surface area (Å²) in [6.45, 7) is 4.17. The lowest BCUT2D eigenvalue weighted by Gasteiger charge is -2.12. The fraction of sp³-hybridized carbons (Fsp3) is 0.375. The van der Waals surface area contributed by atoms with Gasteiger partial charge in [-0.2, -0.15) is 0 Å². The first-order valence-corrected chi connectivity index (χ1v) is 6.99. The number of phenolic OH excluding ortho intramolecular Hbond substituents is 1. The van der Waals surface area contributed by atoms with Crippen molar-refractivity contribution in [1.29, 1.82) is 0 Å². The van der Waals surface area contributed by atoms with Crippen molar-refractivity contribution >= 4 is 18.0 Å². The second-order valence-electron chi connectivity index (χ2n) is 4.27. The molecule has 0 amide bonds. The van der Waals surface area contributed by atoms with E-state index >= 15 is 0 Å². The van der Waals surface area contributed by atoms with E-state index in [2.05, 4.69) is 9.47 Å². The van der Waals surface area contributed by atoms with E-state index in [1.54, 1.807) is 13.8 Å². The number of benzene rings is 1. The highest BCUT2D eigenvalue weighted by atomic mass is 16.5. The van der Waals surface area contributed by atoms with E-state index in [9.17, 15) is 14.7 Å². The third-order valence-electron chi connectivity index (χ3n) is 2.78. The molecule has 0 radical (unpaired) electrons. The van der Waals surface area contributed by atoms with Crippen molar-refractivity contribution < 1.29 is 33.6 Å². The van der Waals surface area contributed by atoms with E-state index in [0.29, 0.717) is 18.8 Å².